The van der Waals surface area contributed by atoms with Crippen LogP contribution in [0.3, 0.4) is 0 Å². The third kappa shape index (κ3) is 6.46. The highest BCUT2D eigenvalue weighted by Crippen LogP contribution is 2.28. The van der Waals surface area contributed by atoms with E-state index in [-0.39, 0.29) is 29.7 Å². The molecular weight excluding hydrogens is 421 g/mol. The highest BCUT2D eigenvalue weighted by Gasteiger charge is 2.36. The summed E-state index contributed by atoms with van der Waals surface area (Å²) in [5, 5.41) is 0. The summed E-state index contributed by atoms with van der Waals surface area (Å²) in [5.74, 6) is 0.535. The highest BCUT2D eigenvalue weighted by atomic mass is 19.1. The molecule has 4 rings (SSSR count). The summed E-state index contributed by atoms with van der Waals surface area (Å²) in [6, 6.07) is 6.55. The van der Waals surface area contributed by atoms with Crippen molar-refractivity contribution in [3.63, 3.8) is 0 Å². The lowest BCUT2D eigenvalue weighted by Gasteiger charge is -2.40. The number of benzene rings is 1. The Morgan fingerprint density at radius 1 is 0.939 bits per heavy atom. The molecule has 3 fully saturated rings. The predicted molar refractivity (Wildman–Crippen MR) is 125 cm³/mol. The maximum absolute atomic E-state index is 13.3. The minimum atomic E-state index is -0.300. The Bertz CT molecular complexity index is 790. The standard InChI is InChI=1S/C26H38FN3O3/c1-28(22-7-3-4-8-22)19-26(32)30-16-13-24(33-23-11-9-21(27)10-12-23)20(18-30)17-25(31)29-14-5-2-6-15-29/h9-12,20,22,24H,2-8,13-19H2,1H3/t20-,24-/m0/s1. The molecule has 33 heavy (non-hydrogen) atoms. The number of hydrogen-bond acceptors (Lipinski definition) is 4. The van der Waals surface area contributed by atoms with Crippen LogP contribution in [0.25, 0.3) is 0 Å². The van der Waals surface area contributed by atoms with Crippen LogP contribution in [0.2, 0.25) is 0 Å². The van der Waals surface area contributed by atoms with Gasteiger partial charge < -0.3 is 14.5 Å². The van der Waals surface area contributed by atoms with Crippen molar-refractivity contribution in [2.24, 2.45) is 5.92 Å². The largest absolute Gasteiger partial charge is 0.490 e. The molecule has 0 spiro atoms. The maximum Gasteiger partial charge on any atom is 0.236 e. The molecule has 182 valence electrons. The van der Waals surface area contributed by atoms with E-state index in [1.165, 1.54) is 44.2 Å². The third-order valence-electron chi connectivity index (χ3n) is 7.60. The quantitative estimate of drug-likeness (QED) is 0.624. The number of carbonyl (C=O) groups is 2. The van der Waals surface area contributed by atoms with Crippen LogP contribution >= 0.6 is 0 Å². The van der Waals surface area contributed by atoms with E-state index in [4.69, 9.17) is 4.74 Å². The van der Waals surface area contributed by atoms with Gasteiger partial charge in [0.1, 0.15) is 17.7 Å². The normalized spacial score (nSPS) is 24.3. The molecule has 6 nitrogen and oxygen atoms in total. The zero-order chi connectivity index (χ0) is 23.2. The fraction of sp³-hybridized carbons (Fsp3) is 0.692. The number of rotatable bonds is 7. The smallest absolute Gasteiger partial charge is 0.236 e. The zero-order valence-electron chi connectivity index (χ0n) is 19.9. The van der Waals surface area contributed by atoms with Crippen LogP contribution in [0.1, 0.15) is 57.8 Å². The predicted octanol–water partition coefficient (Wildman–Crippen LogP) is 3.70. The second kappa shape index (κ2) is 11.3. The van der Waals surface area contributed by atoms with Gasteiger partial charge in [-0.1, -0.05) is 12.8 Å². The number of likely N-dealkylation sites (tertiary alicyclic amines) is 2. The number of halogens is 1. The van der Waals surface area contributed by atoms with Gasteiger partial charge in [-0.2, -0.15) is 0 Å². The van der Waals surface area contributed by atoms with Gasteiger partial charge in [-0.15, -0.1) is 0 Å². The van der Waals surface area contributed by atoms with Gasteiger partial charge in [-0.05, 0) is 63.4 Å². The monoisotopic (exact) mass is 459 g/mol. The number of hydrogen-bond donors (Lipinski definition) is 0. The minimum Gasteiger partial charge on any atom is -0.490 e. The van der Waals surface area contributed by atoms with E-state index in [0.29, 0.717) is 44.3 Å². The Kier molecular flexibility index (Phi) is 8.23. The molecule has 7 heteroatoms. The Labute approximate surface area is 197 Å². The fourth-order valence-corrected chi connectivity index (χ4v) is 5.56. The summed E-state index contributed by atoms with van der Waals surface area (Å²) in [4.78, 5) is 32.2. The van der Waals surface area contributed by atoms with Crippen molar-refractivity contribution in [2.45, 2.75) is 69.9 Å². The number of piperidine rings is 2. The molecule has 2 amide bonds. The van der Waals surface area contributed by atoms with Crippen molar-refractivity contribution < 1.29 is 18.7 Å². The second-order valence-electron chi connectivity index (χ2n) is 10.00. The minimum absolute atomic E-state index is 0.0704. The van der Waals surface area contributed by atoms with Crippen molar-refractivity contribution in [3.8, 4) is 5.75 Å². The van der Waals surface area contributed by atoms with Gasteiger partial charge in [0.05, 0.1) is 6.54 Å². The lowest BCUT2D eigenvalue weighted by Crippen LogP contribution is -2.52. The lowest BCUT2D eigenvalue weighted by molar-refractivity contribution is -0.140. The van der Waals surface area contributed by atoms with Gasteiger partial charge in [0.2, 0.25) is 11.8 Å². The van der Waals surface area contributed by atoms with E-state index in [1.807, 2.05) is 9.80 Å². The summed E-state index contributed by atoms with van der Waals surface area (Å²) >= 11 is 0. The van der Waals surface area contributed by atoms with Crippen LogP contribution < -0.4 is 4.74 Å². The Morgan fingerprint density at radius 2 is 1.64 bits per heavy atom. The molecule has 0 aromatic heterocycles. The molecule has 2 atom stereocenters. The van der Waals surface area contributed by atoms with E-state index in [1.54, 1.807) is 12.1 Å². The first-order valence-corrected chi connectivity index (χ1v) is 12.7. The molecule has 2 heterocycles. The van der Waals surface area contributed by atoms with Crippen molar-refractivity contribution in [1.82, 2.24) is 14.7 Å². The van der Waals surface area contributed by atoms with Gasteiger partial charge in [-0.25, -0.2) is 4.39 Å². The second-order valence-corrected chi connectivity index (χ2v) is 10.00. The summed E-state index contributed by atoms with van der Waals surface area (Å²) in [6.07, 6.45) is 9.03. The van der Waals surface area contributed by atoms with E-state index < -0.39 is 0 Å². The third-order valence-corrected chi connectivity index (χ3v) is 7.60. The first kappa shape index (κ1) is 24.0. The number of ether oxygens (including phenoxy) is 1. The molecule has 1 aromatic carbocycles. The zero-order valence-corrected chi connectivity index (χ0v) is 19.9. The molecule has 2 saturated heterocycles. The topological polar surface area (TPSA) is 53.1 Å². The van der Waals surface area contributed by atoms with Gasteiger partial charge in [0.25, 0.3) is 0 Å². The van der Waals surface area contributed by atoms with Gasteiger partial charge in [0.15, 0.2) is 0 Å². The lowest BCUT2D eigenvalue weighted by atomic mass is 9.90. The summed E-state index contributed by atoms with van der Waals surface area (Å²) in [5.41, 5.74) is 0. The first-order chi connectivity index (χ1) is 16.0. The van der Waals surface area contributed by atoms with E-state index in [0.717, 1.165) is 25.9 Å². The van der Waals surface area contributed by atoms with Crippen LogP contribution in [-0.2, 0) is 9.59 Å². The number of amides is 2. The summed E-state index contributed by atoms with van der Waals surface area (Å²) in [7, 11) is 2.05. The first-order valence-electron chi connectivity index (χ1n) is 12.7. The van der Waals surface area contributed by atoms with Gasteiger partial charge in [-0.3, -0.25) is 14.5 Å². The van der Waals surface area contributed by atoms with Crippen LogP contribution in [-0.4, -0.2) is 78.4 Å². The van der Waals surface area contributed by atoms with Crippen LogP contribution in [0, 0.1) is 11.7 Å². The molecule has 0 unspecified atom stereocenters. The molecule has 3 aliphatic rings. The number of nitrogens with zero attached hydrogens (tertiary/aromatic N) is 3. The molecule has 2 aliphatic heterocycles. The van der Waals surface area contributed by atoms with Crippen molar-refractivity contribution in [3.05, 3.63) is 30.1 Å². The average molecular weight is 460 g/mol. The summed E-state index contributed by atoms with van der Waals surface area (Å²) < 4.78 is 19.5. The molecular formula is C26H38FN3O3. The van der Waals surface area contributed by atoms with Crippen LogP contribution in [0.4, 0.5) is 4.39 Å². The fourth-order valence-electron chi connectivity index (χ4n) is 5.56. The van der Waals surface area contributed by atoms with Crippen LogP contribution in [0.15, 0.2) is 24.3 Å². The van der Waals surface area contributed by atoms with Gasteiger partial charge >= 0.3 is 0 Å². The summed E-state index contributed by atoms with van der Waals surface area (Å²) in [6.45, 7) is 3.23. The molecule has 0 bridgehead atoms. The van der Waals surface area contributed by atoms with E-state index in [9.17, 15) is 14.0 Å². The Balaban J connectivity index is 1.40. The SMILES string of the molecule is CN(CC(=O)N1CC[C@H](Oc2ccc(F)cc2)[C@@H](CC(=O)N2CCCCC2)C1)C1CCCC1. The van der Waals surface area contributed by atoms with Crippen LogP contribution in [0.5, 0.6) is 5.75 Å². The molecule has 1 aromatic rings. The molecule has 0 radical (unpaired) electrons. The van der Waals surface area contributed by atoms with Crippen molar-refractivity contribution >= 4 is 11.8 Å². The highest BCUT2D eigenvalue weighted by molar-refractivity contribution is 5.79. The van der Waals surface area contributed by atoms with E-state index in [2.05, 4.69) is 11.9 Å². The number of likely N-dealkylation sites (N-methyl/N-ethyl adjacent to an activating group) is 1. The van der Waals surface area contributed by atoms with Crippen molar-refractivity contribution in [2.75, 3.05) is 39.8 Å². The Morgan fingerprint density at radius 3 is 2.33 bits per heavy atom. The maximum atomic E-state index is 13.3. The molecule has 1 aliphatic carbocycles. The van der Waals surface area contributed by atoms with Gasteiger partial charge in [0, 0.05) is 51.0 Å². The van der Waals surface area contributed by atoms with E-state index >= 15 is 0 Å². The molecule has 0 N–H and O–H groups in total. The number of carbonyl (C=O) groups excluding carboxylic acids is 2. The molecule has 1 saturated carbocycles. The average Bonchev–Trinajstić information content (AvgIpc) is 3.37. The van der Waals surface area contributed by atoms with Crippen molar-refractivity contribution in [1.29, 1.82) is 0 Å². The Hall–Kier alpha value is -2.15.